The van der Waals surface area contributed by atoms with Gasteiger partial charge < -0.3 is 10.2 Å². The lowest BCUT2D eigenvalue weighted by Gasteiger charge is -2.29. The Morgan fingerprint density at radius 1 is 1.29 bits per heavy atom. The number of benzene rings is 1. The van der Waals surface area contributed by atoms with E-state index in [-0.39, 0.29) is 0 Å². The van der Waals surface area contributed by atoms with E-state index in [1.54, 1.807) is 0 Å². The molecule has 5 nitrogen and oxygen atoms in total. The third-order valence-corrected chi connectivity index (χ3v) is 3.27. The molecule has 2 aromatic rings. The average Bonchev–Trinajstić information content (AvgIpc) is 2.82. The maximum atomic E-state index is 4.22. The quantitative estimate of drug-likeness (QED) is 0.832. The van der Waals surface area contributed by atoms with Gasteiger partial charge in [-0.25, -0.2) is 4.68 Å². The van der Waals surface area contributed by atoms with Gasteiger partial charge in [0, 0.05) is 32.7 Å². The van der Waals surface area contributed by atoms with Gasteiger partial charge >= 0.3 is 0 Å². The van der Waals surface area contributed by atoms with Gasteiger partial charge in [0.1, 0.15) is 11.0 Å². The molecule has 17 heavy (non-hydrogen) atoms. The number of piperazine rings is 1. The van der Waals surface area contributed by atoms with E-state index < -0.39 is 0 Å². The SMILES string of the molecule is CCn1nnc2cccc(N3CCNCC3)c21. The second kappa shape index (κ2) is 4.33. The van der Waals surface area contributed by atoms with Crippen molar-refractivity contribution < 1.29 is 0 Å². The highest BCUT2D eigenvalue weighted by atomic mass is 15.4. The highest BCUT2D eigenvalue weighted by Gasteiger charge is 2.16. The molecule has 0 unspecified atom stereocenters. The summed E-state index contributed by atoms with van der Waals surface area (Å²) >= 11 is 0. The maximum absolute atomic E-state index is 4.22. The summed E-state index contributed by atoms with van der Waals surface area (Å²) in [5.74, 6) is 0. The van der Waals surface area contributed by atoms with Crippen LogP contribution in [0.1, 0.15) is 6.92 Å². The fourth-order valence-electron chi connectivity index (χ4n) is 2.39. The summed E-state index contributed by atoms with van der Waals surface area (Å²) in [7, 11) is 0. The molecule has 3 rings (SSSR count). The minimum absolute atomic E-state index is 0.861. The molecule has 1 aliphatic rings. The predicted octanol–water partition coefficient (Wildman–Crippen LogP) is 0.861. The van der Waals surface area contributed by atoms with E-state index in [1.165, 1.54) is 5.69 Å². The zero-order valence-electron chi connectivity index (χ0n) is 10.1. The molecule has 1 aromatic heterocycles. The van der Waals surface area contributed by atoms with Crippen LogP contribution < -0.4 is 10.2 Å². The van der Waals surface area contributed by atoms with Crippen molar-refractivity contribution in [1.82, 2.24) is 20.3 Å². The second-order valence-electron chi connectivity index (χ2n) is 4.29. The summed E-state index contributed by atoms with van der Waals surface area (Å²) in [5.41, 5.74) is 3.41. The Morgan fingerprint density at radius 3 is 2.88 bits per heavy atom. The molecular weight excluding hydrogens is 214 g/mol. The topological polar surface area (TPSA) is 46.0 Å². The standard InChI is InChI=1S/C12H17N5/c1-2-17-12-10(14-15-17)4-3-5-11(12)16-8-6-13-7-9-16/h3-5,13H,2,6-9H2,1H3. The molecule has 5 heteroatoms. The van der Waals surface area contributed by atoms with E-state index in [0.717, 1.165) is 43.8 Å². The Bertz CT molecular complexity index is 513. The Kier molecular flexibility index (Phi) is 2.68. The molecule has 2 heterocycles. The van der Waals surface area contributed by atoms with Gasteiger partial charge in [-0.1, -0.05) is 11.3 Å². The van der Waals surface area contributed by atoms with E-state index in [4.69, 9.17) is 0 Å². The van der Waals surface area contributed by atoms with Gasteiger partial charge in [0.15, 0.2) is 0 Å². The smallest absolute Gasteiger partial charge is 0.115 e. The average molecular weight is 231 g/mol. The predicted molar refractivity (Wildman–Crippen MR) is 68.3 cm³/mol. The van der Waals surface area contributed by atoms with Crippen LogP contribution in [-0.4, -0.2) is 41.2 Å². The van der Waals surface area contributed by atoms with Crippen LogP contribution in [-0.2, 0) is 6.54 Å². The van der Waals surface area contributed by atoms with Crippen LogP contribution in [0.15, 0.2) is 18.2 Å². The fourth-order valence-corrected chi connectivity index (χ4v) is 2.39. The van der Waals surface area contributed by atoms with Crippen LogP contribution in [0.5, 0.6) is 0 Å². The Morgan fingerprint density at radius 2 is 2.12 bits per heavy atom. The third-order valence-electron chi connectivity index (χ3n) is 3.27. The van der Waals surface area contributed by atoms with Crippen molar-refractivity contribution in [2.24, 2.45) is 0 Å². The highest BCUT2D eigenvalue weighted by molar-refractivity contribution is 5.88. The molecule has 1 saturated heterocycles. The molecule has 0 bridgehead atoms. The first kappa shape index (κ1) is 10.5. The van der Waals surface area contributed by atoms with Crippen molar-refractivity contribution >= 4 is 16.7 Å². The van der Waals surface area contributed by atoms with E-state index in [9.17, 15) is 0 Å². The van der Waals surface area contributed by atoms with Crippen molar-refractivity contribution in [3.05, 3.63) is 18.2 Å². The molecular formula is C12H17N5. The van der Waals surface area contributed by atoms with E-state index in [0.29, 0.717) is 0 Å². The first-order chi connectivity index (χ1) is 8.40. The number of nitrogens with zero attached hydrogens (tertiary/aromatic N) is 4. The molecule has 0 saturated carbocycles. The second-order valence-corrected chi connectivity index (χ2v) is 4.29. The number of hydrogen-bond acceptors (Lipinski definition) is 4. The number of fused-ring (bicyclic) bond motifs is 1. The van der Waals surface area contributed by atoms with Crippen molar-refractivity contribution in [3.63, 3.8) is 0 Å². The van der Waals surface area contributed by atoms with Crippen LogP contribution in [0, 0.1) is 0 Å². The Labute approximate surface area is 100 Å². The van der Waals surface area contributed by atoms with Gasteiger partial charge in [-0.05, 0) is 19.1 Å². The third kappa shape index (κ3) is 1.76. The molecule has 1 N–H and O–H groups in total. The van der Waals surface area contributed by atoms with Crippen molar-refractivity contribution in [1.29, 1.82) is 0 Å². The zero-order chi connectivity index (χ0) is 11.7. The Hall–Kier alpha value is -1.62. The molecule has 0 aliphatic carbocycles. The normalized spacial score (nSPS) is 16.6. The van der Waals surface area contributed by atoms with Gasteiger partial charge in [-0.2, -0.15) is 0 Å². The maximum Gasteiger partial charge on any atom is 0.115 e. The van der Waals surface area contributed by atoms with Crippen molar-refractivity contribution in [3.8, 4) is 0 Å². The number of hydrogen-bond donors (Lipinski definition) is 1. The molecule has 90 valence electrons. The lowest BCUT2D eigenvalue weighted by molar-refractivity contribution is 0.587. The number of aromatic nitrogens is 3. The molecule has 1 fully saturated rings. The van der Waals surface area contributed by atoms with Gasteiger partial charge in [0.25, 0.3) is 0 Å². The zero-order valence-corrected chi connectivity index (χ0v) is 10.1. The van der Waals surface area contributed by atoms with Gasteiger partial charge in [0.05, 0.1) is 5.69 Å². The van der Waals surface area contributed by atoms with Crippen LogP contribution in [0.3, 0.4) is 0 Å². The highest BCUT2D eigenvalue weighted by Crippen LogP contribution is 2.25. The van der Waals surface area contributed by atoms with Crippen molar-refractivity contribution in [2.45, 2.75) is 13.5 Å². The number of anilines is 1. The molecule has 0 amide bonds. The number of aryl methyl sites for hydroxylation is 1. The van der Waals surface area contributed by atoms with Crippen LogP contribution in [0.4, 0.5) is 5.69 Å². The summed E-state index contributed by atoms with van der Waals surface area (Å²) in [4.78, 5) is 2.41. The largest absolute Gasteiger partial charge is 0.367 e. The minimum atomic E-state index is 0.861. The number of para-hydroxylation sites is 1. The molecule has 0 atom stereocenters. The first-order valence-corrected chi connectivity index (χ1v) is 6.18. The van der Waals surface area contributed by atoms with Crippen LogP contribution in [0.2, 0.25) is 0 Å². The first-order valence-electron chi connectivity index (χ1n) is 6.18. The van der Waals surface area contributed by atoms with E-state index in [2.05, 4.69) is 39.6 Å². The van der Waals surface area contributed by atoms with E-state index in [1.807, 2.05) is 10.7 Å². The lowest BCUT2D eigenvalue weighted by Crippen LogP contribution is -2.43. The van der Waals surface area contributed by atoms with Crippen LogP contribution in [0.25, 0.3) is 11.0 Å². The van der Waals surface area contributed by atoms with E-state index >= 15 is 0 Å². The summed E-state index contributed by atoms with van der Waals surface area (Å²) in [6.45, 7) is 7.15. The molecule has 1 aliphatic heterocycles. The molecule has 0 radical (unpaired) electrons. The van der Waals surface area contributed by atoms with Crippen LogP contribution >= 0.6 is 0 Å². The molecule has 0 spiro atoms. The van der Waals surface area contributed by atoms with Gasteiger partial charge in [0.2, 0.25) is 0 Å². The summed E-state index contributed by atoms with van der Waals surface area (Å²) in [6, 6.07) is 6.26. The van der Waals surface area contributed by atoms with Gasteiger partial charge in [-0.15, -0.1) is 5.10 Å². The number of rotatable bonds is 2. The number of nitrogens with one attached hydrogen (secondary N) is 1. The summed E-state index contributed by atoms with van der Waals surface area (Å²) in [5, 5.41) is 11.8. The summed E-state index contributed by atoms with van der Waals surface area (Å²) in [6.07, 6.45) is 0. The molecule has 1 aromatic carbocycles. The fraction of sp³-hybridized carbons (Fsp3) is 0.500. The minimum Gasteiger partial charge on any atom is -0.367 e. The van der Waals surface area contributed by atoms with Gasteiger partial charge in [-0.3, -0.25) is 0 Å². The monoisotopic (exact) mass is 231 g/mol. The summed E-state index contributed by atoms with van der Waals surface area (Å²) < 4.78 is 1.98. The van der Waals surface area contributed by atoms with Crippen molar-refractivity contribution in [2.75, 3.05) is 31.1 Å². The Balaban J connectivity index is 2.10. The lowest BCUT2D eigenvalue weighted by atomic mass is 10.2.